The van der Waals surface area contributed by atoms with Crippen molar-refractivity contribution >= 4 is 5.91 Å². The van der Waals surface area contributed by atoms with E-state index in [1.165, 1.54) is 5.56 Å². The normalized spacial score (nSPS) is 20.2. The Hall–Kier alpha value is -2.73. The van der Waals surface area contributed by atoms with Crippen LogP contribution in [0.15, 0.2) is 48.5 Å². The second-order valence-corrected chi connectivity index (χ2v) is 7.20. The van der Waals surface area contributed by atoms with Gasteiger partial charge in [-0.15, -0.1) is 0 Å². The summed E-state index contributed by atoms with van der Waals surface area (Å²) in [7, 11) is 1.66. The van der Waals surface area contributed by atoms with E-state index in [9.17, 15) is 4.79 Å². The van der Waals surface area contributed by atoms with Crippen LogP contribution < -0.4 is 19.5 Å². The second kappa shape index (κ2) is 8.10. The standard InChI is InChI=1S/C22H25NO5/c1-25-17-8-6-16(7-9-17)22(10-12-26-13-11-22)15-23-21(24)20-14-27-18-4-2-3-5-19(18)28-20/h2-9,20H,10-15H2,1H3,(H,23,24). The fourth-order valence-electron chi connectivity index (χ4n) is 3.79. The molecule has 1 unspecified atom stereocenters. The van der Waals surface area contributed by atoms with E-state index < -0.39 is 6.10 Å². The van der Waals surface area contributed by atoms with Crippen molar-refractivity contribution in [2.75, 3.05) is 33.5 Å². The zero-order chi connectivity index (χ0) is 19.4. The Morgan fingerprint density at radius 1 is 1.11 bits per heavy atom. The molecule has 6 heteroatoms. The molecule has 28 heavy (non-hydrogen) atoms. The van der Waals surface area contributed by atoms with Gasteiger partial charge in [-0.3, -0.25) is 4.79 Å². The van der Waals surface area contributed by atoms with Gasteiger partial charge in [-0.2, -0.15) is 0 Å². The monoisotopic (exact) mass is 383 g/mol. The second-order valence-electron chi connectivity index (χ2n) is 7.20. The number of amides is 1. The molecule has 2 aliphatic heterocycles. The van der Waals surface area contributed by atoms with Crippen molar-refractivity contribution < 1.29 is 23.7 Å². The van der Waals surface area contributed by atoms with Crippen LogP contribution in [0.5, 0.6) is 17.2 Å². The van der Waals surface area contributed by atoms with E-state index in [1.807, 2.05) is 36.4 Å². The molecular weight excluding hydrogens is 358 g/mol. The van der Waals surface area contributed by atoms with Gasteiger partial charge >= 0.3 is 0 Å². The average molecular weight is 383 g/mol. The lowest BCUT2D eigenvalue weighted by atomic mass is 9.74. The van der Waals surface area contributed by atoms with Crippen molar-refractivity contribution in [2.45, 2.75) is 24.4 Å². The highest BCUT2D eigenvalue weighted by Gasteiger charge is 2.36. The quantitative estimate of drug-likeness (QED) is 0.860. The fourth-order valence-corrected chi connectivity index (χ4v) is 3.79. The van der Waals surface area contributed by atoms with Crippen LogP contribution in [-0.2, 0) is 14.9 Å². The number of hydrogen-bond donors (Lipinski definition) is 1. The molecule has 2 aliphatic rings. The van der Waals surface area contributed by atoms with Gasteiger partial charge in [0.05, 0.1) is 7.11 Å². The Morgan fingerprint density at radius 2 is 1.82 bits per heavy atom. The smallest absolute Gasteiger partial charge is 0.264 e. The van der Waals surface area contributed by atoms with Crippen LogP contribution in [0, 0.1) is 0 Å². The number of methoxy groups -OCH3 is 1. The van der Waals surface area contributed by atoms with E-state index in [1.54, 1.807) is 7.11 Å². The molecule has 6 nitrogen and oxygen atoms in total. The van der Waals surface area contributed by atoms with Crippen molar-refractivity contribution in [2.24, 2.45) is 0 Å². The van der Waals surface area contributed by atoms with Crippen molar-refractivity contribution in [1.82, 2.24) is 5.32 Å². The number of rotatable bonds is 5. The predicted molar refractivity (Wildman–Crippen MR) is 104 cm³/mol. The topological polar surface area (TPSA) is 66.0 Å². The molecule has 1 saturated heterocycles. The highest BCUT2D eigenvalue weighted by Crippen LogP contribution is 2.35. The van der Waals surface area contributed by atoms with Gasteiger partial charge in [0.25, 0.3) is 5.91 Å². The molecule has 0 aliphatic carbocycles. The van der Waals surface area contributed by atoms with E-state index in [4.69, 9.17) is 18.9 Å². The van der Waals surface area contributed by atoms with Gasteiger partial charge in [-0.25, -0.2) is 0 Å². The van der Waals surface area contributed by atoms with Crippen molar-refractivity contribution in [3.05, 3.63) is 54.1 Å². The molecule has 0 saturated carbocycles. The molecule has 1 fully saturated rings. The largest absolute Gasteiger partial charge is 0.497 e. The molecule has 0 spiro atoms. The highest BCUT2D eigenvalue weighted by molar-refractivity contribution is 5.81. The summed E-state index contributed by atoms with van der Waals surface area (Å²) in [4.78, 5) is 12.8. The van der Waals surface area contributed by atoms with Gasteiger partial charge in [0.2, 0.25) is 6.10 Å². The number of carbonyl (C=O) groups excluding carboxylic acids is 1. The van der Waals surface area contributed by atoms with E-state index in [2.05, 4.69) is 17.4 Å². The lowest BCUT2D eigenvalue weighted by Crippen LogP contribution is -2.50. The first-order valence-corrected chi connectivity index (χ1v) is 9.59. The molecule has 0 bridgehead atoms. The van der Waals surface area contributed by atoms with Gasteiger partial charge in [-0.1, -0.05) is 24.3 Å². The van der Waals surface area contributed by atoms with Crippen LogP contribution in [0.3, 0.4) is 0 Å². The average Bonchev–Trinajstić information content (AvgIpc) is 2.78. The first kappa shape index (κ1) is 18.6. The van der Waals surface area contributed by atoms with E-state index >= 15 is 0 Å². The molecule has 1 N–H and O–H groups in total. The molecule has 1 amide bonds. The number of carbonyl (C=O) groups is 1. The summed E-state index contributed by atoms with van der Waals surface area (Å²) >= 11 is 0. The first-order chi connectivity index (χ1) is 13.7. The number of nitrogens with one attached hydrogen (secondary N) is 1. The summed E-state index contributed by atoms with van der Waals surface area (Å²) in [6, 6.07) is 15.5. The van der Waals surface area contributed by atoms with E-state index in [-0.39, 0.29) is 17.9 Å². The van der Waals surface area contributed by atoms with Gasteiger partial charge in [0.1, 0.15) is 12.4 Å². The minimum Gasteiger partial charge on any atom is -0.497 e. The van der Waals surface area contributed by atoms with E-state index in [0.717, 1.165) is 18.6 Å². The van der Waals surface area contributed by atoms with Crippen LogP contribution in [0.25, 0.3) is 0 Å². The minimum absolute atomic E-state index is 0.158. The summed E-state index contributed by atoms with van der Waals surface area (Å²) in [5, 5.41) is 3.09. The molecule has 0 radical (unpaired) electrons. The maximum absolute atomic E-state index is 12.8. The maximum Gasteiger partial charge on any atom is 0.264 e. The molecule has 2 aromatic carbocycles. The van der Waals surface area contributed by atoms with Gasteiger partial charge in [0, 0.05) is 25.2 Å². The Bertz CT molecular complexity index is 814. The number of hydrogen-bond acceptors (Lipinski definition) is 5. The number of ether oxygens (including phenoxy) is 4. The Morgan fingerprint density at radius 3 is 2.54 bits per heavy atom. The van der Waals surface area contributed by atoms with Gasteiger partial charge < -0.3 is 24.3 Å². The molecule has 2 heterocycles. The van der Waals surface area contributed by atoms with Crippen molar-refractivity contribution in [1.29, 1.82) is 0 Å². The van der Waals surface area contributed by atoms with Crippen LogP contribution in [0.2, 0.25) is 0 Å². The van der Waals surface area contributed by atoms with Gasteiger partial charge in [-0.05, 0) is 42.7 Å². The SMILES string of the molecule is COc1ccc(C2(CNC(=O)C3COc4ccccc4O3)CCOCC2)cc1. The number of benzene rings is 2. The molecule has 0 aromatic heterocycles. The van der Waals surface area contributed by atoms with Crippen LogP contribution in [0.1, 0.15) is 18.4 Å². The Balaban J connectivity index is 1.45. The third kappa shape index (κ3) is 3.78. The van der Waals surface area contributed by atoms with Crippen LogP contribution in [0.4, 0.5) is 0 Å². The Kier molecular flexibility index (Phi) is 5.39. The first-order valence-electron chi connectivity index (χ1n) is 9.59. The molecule has 2 aromatic rings. The molecular formula is C22H25NO5. The highest BCUT2D eigenvalue weighted by atomic mass is 16.6. The summed E-state index contributed by atoms with van der Waals surface area (Å²) in [5.41, 5.74) is 1.02. The number of para-hydroxylation sites is 2. The molecule has 148 valence electrons. The zero-order valence-electron chi connectivity index (χ0n) is 16.0. The predicted octanol–water partition coefficient (Wildman–Crippen LogP) is 2.70. The molecule has 1 atom stereocenters. The minimum atomic E-state index is -0.650. The van der Waals surface area contributed by atoms with Crippen molar-refractivity contribution in [3.8, 4) is 17.2 Å². The lowest BCUT2D eigenvalue weighted by molar-refractivity contribution is -0.130. The van der Waals surface area contributed by atoms with Crippen LogP contribution in [-0.4, -0.2) is 45.5 Å². The Labute approximate surface area is 164 Å². The molecule has 4 rings (SSSR count). The maximum atomic E-state index is 12.8. The summed E-state index contributed by atoms with van der Waals surface area (Å²) in [6.07, 6.45) is 1.05. The van der Waals surface area contributed by atoms with Crippen molar-refractivity contribution in [3.63, 3.8) is 0 Å². The summed E-state index contributed by atoms with van der Waals surface area (Å²) < 4.78 is 22.3. The number of fused-ring (bicyclic) bond motifs is 1. The fraction of sp³-hybridized carbons (Fsp3) is 0.409. The van der Waals surface area contributed by atoms with Gasteiger partial charge in [0.15, 0.2) is 11.5 Å². The zero-order valence-corrected chi connectivity index (χ0v) is 16.0. The lowest BCUT2D eigenvalue weighted by Gasteiger charge is -2.38. The third-order valence-electron chi connectivity index (χ3n) is 5.55. The summed E-state index contributed by atoms with van der Waals surface area (Å²) in [6.45, 7) is 2.10. The summed E-state index contributed by atoms with van der Waals surface area (Å²) in [5.74, 6) is 1.94. The van der Waals surface area contributed by atoms with E-state index in [0.29, 0.717) is 31.3 Å². The third-order valence-corrected chi connectivity index (χ3v) is 5.55. The van der Waals surface area contributed by atoms with Crippen LogP contribution >= 0.6 is 0 Å².